The molecule has 1 atom stereocenters. The molecule has 1 aliphatic rings. The van der Waals surface area contributed by atoms with Crippen LogP contribution in [0.3, 0.4) is 0 Å². The molecule has 0 saturated heterocycles. The molecule has 3 aromatic rings. The SMILES string of the molecule is CCOC(Cc1ccc(OCCn2ncc3cc4c(cc3c2=O)OCO4)cc1)C(=O)O. The fraction of sp³-hybridized carbons (Fsp3) is 0.318. The summed E-state index contributed by atoms with van der Waals surface area (Å²) in [7, 11) is 0. The lowest BCUT2D eigenvalue weighted by atomic mass is 10.1. The zero-order chi connectivity index (χ0) is 21.8. The van der Waals surface area contributed by atoms with Crippen LogP contribution >= 0.6 is 0 Å². The van der Waals surface area contributed by atoms with E-state index in [1.54, 1.807) is 49.5 Å². The largest absolute Gasteiger partial charge is 0.492 e. The molecule has 1 unspecified atom stereocenters. The molecule has 0 saturated carbocycles. The fourth-order valence-electron chi connectivity index (χ4n) is 3.34. The molecule has 0 radical (unpaired) electrons. The highest BCUT2D eigenvalue weighted by atomic mass is 16.7. The fourth-order valence-corrected chi connectivity index (χ4v) is 3.34. The number of ether oxygens (including phenoxy) is 4. The second kappa shape index (κ2) is 9.05. The molecule has 0 spiro atoms. The summed E-state index contributed by atoms with van der Waals surface area (Å²) in [6, 6.07) is 10.5. The Morgan fingerprint density at radius 2 is 1.97 bits per heavy atom. The van der Waals surface area contributed by atoms with Gasteiger partial charge in [0.25, 0.3) is 5.56 Å². The van der Waals surface area contributed by atoms with Crippen LogP contribution in [-0.2, 0) is 22.5 Å². The van der Waals surface area contributed by atoms with Gasteiger partial charge >= 0.3 is 5.97 Å². The number of hydrogen-bond acceptors (Lipinski definition) is 7. The van der Waals surface area contributed by atoms with Crippen molar-refractivity contribution < 1.29 is 28.8 Å². The lowest BCUT2D eigenvalue weighted by Crippen LogP contribution is -2.26. The summed E-state index contributed by atoms with van der Waals surface area (Å²) in [6.07, 6.45) is 1.02. The maximum atomic E-state index is 12.7. The molecular formula is C22H22N2O7. The van der Waals surface area contributed by atoms with Crippen molar-refractivity contribution in [2.45, 2.75) is 26.0 Å². The molecule has 1 aromatic heterocycles. The first-order valence-electron chi connectivity index (χ1n) is 9.90. The molecule has 2 heterocycles. The third-order valence-electron chi connectivity index (χ3n) is 4.91. The molecule has 0 fully saturated rings. The summed E-state index contributed by atoms with van der Waals surface area (Å²) in [6.45, 7) is 2.76. The number of fused-ring (bicyclic) bond motifs is 2. The van der Waals surface area contributed by atoms with E-state index in [1.165, 1.54) is 4.68 Å². The molecule has 9 heteroatoms. The highest BCUT2D eigenvalue weighted by Crippen LogP contribution is 2.34. The van der Waals surface area contributed by atoms with Crippen LogP contribution in [0.4, 0.5) is 0 Å². The zero-order valence-corrected chi connectivity index (χ0v) is 16.9. The van der Waals surface area contributed by atoms with E-state index < -0.39 is 12.1 Å². The summed E-state index contributed by atoms with van der Waals surface area (Å²) >= 11 is 0. The number of benzene rings is 2. The Bertz CT molecular complexity index is 1140. The average Bonchev–Trinajstić information content (AvgIpc) is 3.22. The third-order valence-corrected chi connectivity index (χ3v) is 4.91. The summed E-state index contributed by atoms with van der Waals surface area (Å²) in [4.78, 5) is 23.9. The highest BCUT2D eigenvalue weighted by molar-refractivity contribution is 5.84. The summed E-state index contributed by atoms with van der Waals surface area (Å²) in [5.41, 5.74) is 0.602. The van der Waals surface area contributed by atoms with Crippen LogP contribution in [0.2, 0.25) is 0 Å². The van der Waals surface area contributed by atoms with Gasteiger partial charge in [0.2, 0.25) is 6.79 Å². The van der Waals surface area contributed by atoms with E-state index in [0.29, 0.717) is 34.6 Å². The van der Waals surface area contributed by atoms with Gasteiger partial charge in [0.05, 0.1) is 18.1 Å². The van der Waals surface area contributed by atoms with E-state index >= 15 is 0 Å². The van der Waals surface area contributed by atoms with Crippen LogP contribution < -0.4 is 19.8 Å². The van der Waals surface area contributed by atoms with Gasteiger partial charge in [-0.05, 0) is 36.8 Å². The Labute approximate surface area is 177 Å². The van der Waals surface area contributed by atoms with Crippen LogP contribution in [0, 0.1) is 0 Å². The van der Waals surface area contributed by atoms with E-state index in [0.717, 1.165) is 5.56 Å². The standard InChI is InChI=1S/C22H22N2O7/c1-2-28-20(22(26)27)9-14-3-5-16(6-4-14)29-8-7-24-21(25)17-11-19-18(30-13-31-19)10-15(17)12-23-24/h3-6,10-12,20H,2,7-9,13H2,1H3,(H,26,27). The maximum absolute atomic E-state index is 12.7. The summed E-state index contributed by atoms with van der Waals surface area (Å²) in [5.74, 6) is 0.783. The maximum Gasteiger partial charge on any atom is 0.333 e. The van der Waals surface area contributed by atoms with E-state index in [1.807, 2.05) is 0 Å². The number of nitrogens with zero attached hydrogens (tertiary/aromatic N) is 2. The van der Waals surface area contributed by atoms with Crippen LogP contribution in [0.5, 0.6) is 17.2 Å². The minimum atomic E-state index is -0.987. The van der Waals surface area contributed by atoms with Crippen molar-refractivity contribution in [2.75, 3.05) is 20.0 Å². The number of aromatic nitrogens is 2. The predicted octanol–water partition coefficient (Wildman–Crippen LogP) is 2.24. The zero-order valence-electron chi connectivity index (χ0n) is 16.9. The van der Waals surface area contributed by atoms with Crippen molar-refractivity contribution in [3.63, 3.8) is 0 Å². The van der Waals surface area contributed by atoms with Crippen molar-refractivity contribution in [3.05, 3.63) is 58.5 Å². The average molecular weight is 426 g/mol. The first kappa shape index (κ1) is 20.7. The van der Waals surface area contributed by atoms with Gasteiger partial charge in [0.1, 0.15) is 12.4 Å². The van der Waals surface area contributed by atoms with E-state index in [-0.39, 0.29) is 31.9 Å². The van der Waals surface area contributed by atoms with Crippen LogP contribution in [0.15, 0.2) is 47.4 Å². The van der Waals surface area contributed by atoms with Crippen molar-refractivity contribution in [1.82, 2.24) is 9.78 Å². The lowest BCUT2D eigenvalue weighted by molar-refractivity contribution is -0.149. The Balaban J connectivity index is 1.37. The molecule has 9 nitrogen and oxygen atoms in total. The van der Waals surface area contributed by atoms with Crippen LogP contribution in [0.25, 0.3) is 10.8 Å². The Morgan fingerprint density at radius 3 is 2.68 bits per heavy atom. The molecule has 31 heavy (non-hydrogen) atoms. The number of aliphatic carboxylic acids is 1. The minimum absolute atomic E-state index is 0.141. The Morgan fingerprint density at radius 1 is 1.23 bits per heavy atom. The van der Waals surface area contributed by atoms with Gasteiger partial charge in [-0.1, -0.05) is 12.1 Å². The van der Waals surface area contributed by atoms with Gasteiger partial charge in [0, 0.05) is 18.4 Å². The number of rotatable bonds is 9. The summed E-state index contributed by atoms with van der Waals surface area (Å²) in [5, 5.41) is 14.6. The van der Waals surface area contributed by atoms with E-state index in [2.05, 4.69) is 5.10 Å². The smallest absolute Gasteiger partial charge is 0.333 e. The van der Waals surface area contributed by atoms with Gasteiger partial charge in [-0.25, -0.2) is 9.48 Å². The molecule has 4 rings (SSSR count). The molecular weight excluding hydrogens is 404 g/mol. The number of carboxylic acids is 1. The molecule has 1 aliphatic heterocycles. The highest BCUT2D eigenvalue weighted by Gasteiger charge is 2.18. The van der Waals surface area contributed by atoms with Crippen molar-refractivity contribution in [2.24, 2.45) is 0 Å². The molecule has 162 valence electrons. The molecule has 1 N–H and O–H groups in total. The first-order chi connectivity index (χ1) is 15.0. The Kier molecular flexibility index (Phi) is 6.03. The second-order valence-corrected chi connectivity index (χ2v) is 6.94. The number of carbonyl (C=O) groups is 1. The van der Waals surface area contributed by atoms with Crippen molar-refractivity contribution in [1.29, 1.82) is 0 Å². The van der Waals surface area contributed by atoms with E-state index in [9.17, 15) is 14.7 Å². The number of carboxylic acid groups (broad SMARTS) is 1. The molecule has 0 amide bonds. The molecule has 0 bridgehead atoms. The van der Waals surface area contributed by atoms with Crippen LogP contribution in [0.1, 0.15) is 12.5 Å². The lowest BCUT2D eigenvalue weighted by Gasteiger charge is -2.13. The normalized spacial score (nSPS) is 13.3. The van der Waals surface area contributed by atoms with Gasteiger partial charge < -0.3 is 24.1 Å². The quantitative estimate of drug-likeness (QED) is 0.555. The topological polar surface area (TPSA) is 109 Å². The first-order valence-corrected chi connectivity index (χ1v) is 9.90. The van der Waals surface area contributed by atoms with Gasteiger partial charge in [-0.15, -0.1) is 0 Å². The number of hydrogen-bond donors (Lipinski definition) is 1. The van der Waals surface area contributed by atoms with Gasteiger partial charge in [-0.3, -0.25) is 4.79 Å². The van der Waals surface area contributed by atoms with Gasteiger partial charge in [-0.2, -0.15) is 5.10 Å². The minimum Gasteiger partial charge on any atom is -0.492 e. The molecule has 0 aliphatic carbocycles. The van der Waals surface area contributed by atoms with Crippen LogP contribution in [-0.4, -0.2) is 47.0 Å². The molecule has 2 aromatic carbocycles. The summed E-state index contributed by atoms with van der Waals surface area (Å²) < 4.78 is 23.0. The monoisotopic (exact) mass is 426 g/mol. The predicted molar refractivity (Wildman–Crippen MR) is 111 cm³/mol. The Hall–Kier alpha value is -3.59. The van der Waals surface area contributed by atoms with Crippen molar-refractivity contribution in [3.8, 4) is 17.2 Å². The van der Waals surface area contributed by atoms with Crippen molar-refractivity contribution >= 4 is 16.7 Å². The third kappa shape index (κ3) is 4.61. The van der Waals surface area contributed by atoms with Gasteiger partial charge in [0.15, 0.2) is 17.6 Å². The van der Waals surface area contributed by atoms with E-state index in [4.69, 9.17) is 18.9 Å². The second-order valence-electron chi connectivity index (χ2n) is 6.94.